The molecular formula is C39H48FN9O4. The molecule has 280 valence electrons. The number of phenols is 1. The van der Waals surface area contributed by atoms with E-state index in [0.29, 0.717) is 30.9 Å². The van der Waals surface area contributed by atoms with E-state index in [9.17, 15) is 19.5 Å². The number of rotatable bonds is 10. The van der Waals surface area contributed by atoms with E-state index in [4.69, 9.17) is 4.98 Å². The van der Waals surface area contributed by atoms with Crippen molar-refractivity contribution in [3.05, 3.63) is 102 Å². The molecule has 0 aliphatic carbocycles. The van der Waals surface area contributed by atoms with Crippen LogP contribution in [0.3, 0.4) is 0 Å². The van der Waals surface area contributed by atoms with Gasteiger partial charge in [0.05, 0.1) is 25.3 Å². The van der Waals surface area contributed by atoms with Crippen LogP contribution in [0.25, 0.3) is 0 Å². The molecule has 14 heteroatoms. The Morgan fingerprint density at radius 2 is 1.75 bits per heavy atom. The number of piperazine rings is 2. The zero-order valence-electron chi connectivity index (χ0n) is 30.4. The Balaban J connectivity index is 1.15. The summed E-state index contributed by atoms with van der Waals surface area (Å²) in [7, 11) is 2.14. The first-order valence-electron chi connectivity index (χ1n) is 18.3. The molecule has 2 aromatic carbocycles. The molecule has 4 aliphatic heterocycles. The van der Waals surface area contributed by atoms with Crippen molar-refractivity contribution < 1.29 is 23.9 Å². The highest BCUT2D eigenvalue weighted by Gasteiger charge is 2.51. The lowest BCUT2D eigenvalue weighted by Crippen LogP contribution is -2.76. The van der Waals surface area contributed by atoms with Crippen molar-refractivity contribution >= 4 is 23.7 Å². The highest BCUT2D eigenvalue weighted by Crippen LogP contribution is 2.31. The van der Waals surface area contributed by atoms with Crippen molar-refractivity contribution in [2.75, 3.05) is 64.3 Å². The topological polar surface area (TPSA) is 119 Å². The van der Waals surface area contributed by atoms with E-state index in [1.165, 1.54) is 16.0 Å². The average Bonchev–Trinajstić information content (AvgIpc) is 3.12. The Morgan fingerprint density at radius 1 is 1.00 bits per heavy atom. The van der Waals surface area contributed by atoms with Gasteiger partial charge < -0.3 is 30.0 Å². The largest absolute Gasteiger partial charge is 0.508 e. The summed E-state index contributed by atoms with van der Waals surface area (Å²) < 4.78 is 15.3. The van der Waals surface area contributed by atoms with Gasteiger partial charge in [-0.3, -0.25) is 14.5 Å². The van der Waals surface area contributed by atoms with Crippen LogP contribution in [0.4, 0.5) is 15.0 Å². The SMILES string of the molecule is C=CCN1CC(=O)N2[C@@H](Cc3ccc(O)cc3)C(=O)N(Cc3ccc(F)c(N4CC(N5CCN(C)[C@H](C)C5)C4)n3)C[C@@H]2N1C(=O)NCc1ccccc1. The van der Waals surface area contributed by atoms with Gasteiger partial charge in [-0.25, -0.2) is 24.2 Å². The van der Waals surface area contributed by atoms with Crippen LogP contribution in [-0.4, -0.2) is 141 Å². The fourth-order valence-corrected chi connectivity index (χ4v) is 7.80. The zero-order chi connectivity index (χ0) is 37.2. The molecule has 4 saturated heterocycles. The highest BCUT2D eigenvalue weighted by atomic mass is 19.1. The molecule has 3 atom stereocenters. The van der Waals surface area contributed by atoms with Crippen molar-refractivity contribution in [2.45, 2.75) is 50.7 Å². The summed E-state index contributed by atoms with van der Waals surface area (Å²) >= 11 is 0. The number of aromatic nitrogens is 1. The number of likely N-dealkylation sites (N-methyl/N-ethyl adjacent to an activating group) is 1. The van der Waals surface area contributed by atoms with E-state index in [1.54, 1.807) is 46.3 Å². The van der Waals surface area contributed by atoms with Crippen LogP contribution in [0.5, 0.6) is 5.75 Å². The predicted octanol–water partition coefficient (Wildman–Crippen LogP) is 2.49. The first kappa shape index (κ1) is 36.3. The fourth-order valence-electron chi connectivity index (χ4n) is 7.80. The van der Waals surface area contributed by atoms with Crippen LogP contribution in [0.2, 0.25) is 0 Å². The van der Waals surface area contributed by atoms with E-state index in [2.05, 4.69) is 35.7 Å². The third-order valence-electron chi connectivity index (χ3n) is 10.9. The number of urea groups is 1. The van der Waals surface area contributed by atoms with Crippen LogP contribution < -0.4 is 10.2 Å². The molecule has 7 rings (SSSR count). The molecule has 53 heavy (non-hydrogen) atoms. The van der Waals surface area contributed by atoms with Crippen molar-refractivity contribution in [1.82, 2.24) is 39.9 Å². The third kappa shape index (κ3) is 7.71. The molecule has 1 aromatic heterocycles. The van der Waals surface area contributed by atoms with Crippen LogP contribution >= 0.6 is 0 Å². The second-order valence-corrected chi connectivity index (χ2v) is 14.5. The van der Waals surface area contributed by atoms with Crippen molar-refractivity contribution in [3.63, 3.8) is 0 Å². The average molecular weight is 726 g/mol. The van der Waals surface area contributed by atoms with E-state index < -0.39 is 24.1 Å². The fraction of sp³-hybridized carbons (Fsp3) is 0.436. The number of pyridine rings is 1. The van der Waals surface area contributed by atoms with Gasteiger partial charge in [0.1, 0.15) is 18.0 Å². The molecule has 0 bridgehead atoms. The molecule has 4 fully saturated rings. The Hall–Kier alpha value is -5.05. The van der Waals surface area contributed by atoms with Crippen molar-refractivity contribution in [3.8, 4) is 5.75 Å². The number of halogens is 1. The maximum Gasteiger partial charge on any atom is 0.334 e. The number of nitrogens with zero attached hydrogens (tertiary/aromatic N) is 8. The lowest BCUT2D eigenvalue weighted by molar-refractivity contribution is -0.189. The van der Waals surface area contributed by atoms with Crippen LogP contribution in [-0.2, 0) is 29.1 Å². The van der Waals surface area contributed by atoms with Gasteiger partial charge in [-0.15, -0.1) is 6.58 Å². The molecular weight excluding hydrogens is 677 g/mol. The maximum atomic E-state index is 15.3. The zero-order valence-corrected chi connectivity index (χ0v) is 30.4. The van der Waals surface area contributed by atoms with E-state index >= 15 is 4.39 Å². The van der Waals surface area contributed by atoms with Gasteiger partial charge >= 0.3 is 6.03 Å². The number of anilines is 1. The summed E-state index contributed by atoms with van der Waals surface area (Å²) in [6.45, 7) is 10.8. The Morgan fingerprint density at radius 3 is 2.47 bits per heavy atom. The summed E-state index contributed by atoms with van der Waals surface area (Å²) in [4.78, 5) is 57.0. The van der Waals surface area contributed by atoms with Gasteiger partial charge in [0.2, 0.25) is 11.8 Å². The molecule has 4 amide bonds. The lowest BCUT2D eigenvalue weighted by atomic mass is 9.98. The Bertz CT molecular complexity index is 1810. The number of phenolic OH excluding ortho intramolecular Hbond substituents is 1. The van der Waals surface area contributed by atoms with Gasteiger partial charge in [-0.1, -0.05) is 48.5 Å². The third-order valence-corrected chi connectivity index (χ3v) is 10.9. The van der Waals surface area contributed by atoms with E-state index in [0.717, 1.165) is 30.8 Å². The summed E-state index contributed by atoms with van der Waals surface area (Å²) in [5.41, 5.74) is 2.16. The number of carbonyl (C=O) groups is 3. The first-order valence-corrected chi connectivity index (χ1v) is 18.3. The summed E-state index contributed by atoms with van der Waals surface area (Å²) in [6.07, 6.45) is 0.962. The number of hydrogen-bond acceptors (Lipinski definition) is 9. The van der Waals surface area contributed by atoms with Gasteiger partial charge in [0, 0.05) is 64.3 Å². The summed E-state index contributed by atoms with van der Waals surface area (Å²) in [5.74, 6) is -0.655. The van der Waals surface area contributed by atoms with E-state index in [1.807, 2.05) is 35.2 Å². The number of hydrogen-bond donors (Lipinski definition) is 2. The number of aromatic hydroxyl groups is 1. The minimum atomic E-state index is -0.942. The first-order chi connectivity index (χ1) is 25.6. The minimum absolute atomic E-state index is 0.0187. The number of benzene rings is 2. The highest BCUT2D eigenvalue weighted by molar-refractivity contribution is 5.91. The van der Waals surface area contributed by atoms with Crippen molar-refractivity contribution in [2.24, 2.45) is 0 Å². The Labute approximate surface area is 309 Å². The van der Waals surface area contributed by atoms with Gasteiger partial charge in [0.25, 0.3) is 0 Å². The number of carbonyl (C=O) groups excluding carboxylic acids is 3. The van der Waals surface area contributed by atoms with Crippen LogP contribution in [0, 0.1) is 5.82 Å². The molecule has 0 radical (unpaired) electrons. The van der Waals surface area contributed by atoms with Crippen molar-refractivity contribution in [1.29, 1.82) is 0 Å². The number of fused-ring (bicyclic) bond motifs is 1. The summed E-state index contributed by atoms with van der Waals surface area (Å²) in [5, 5.41) is 16.1. The van der Waals surface area contributed by atoms with E-state index in [-0.39, 0.29) is 62.5 Å². The molecule has 5 heterocycles. The molecule has 3 aromatic rings. The quantitative estimate of drug-likeness (QED) is 0.304. The van der Waals surface area contributed by atoms with Gasteiger partial charge in [-0.05, 0) is 49.4 Å². The second kappa shape index (κ2) is 15.5. The van der Waals surface area contributed by atoms with Gasteiger partial charge in [-0.2, -0.15) is 0 Å². The normalized spacial score (nSPS) is 23.2. The second-order valence-electron chi connectivity index (χ2n) is 14.5. The van der Waals surface area contributed by atoms with Crippen LogP contribution in [0.15, 0.2) is 79.4 Å². The molecule has 0 unspecified atom stereocenters. The standard InChI is InChI=1S/C39H48FN9O4/c1-4-16-47-26-36(51)48-34(19-28-10-13-32(50)14-11-28)38(52)46(25-35(48)49(47)39(53)41-20-29-8-6-5-7-9-29)22-30-12-15-33(40)37(42-30)45-23-31(24-45)44-18-17-43(3)27(2)21-44/h4-15,27,31,34-35,50H,1,16-26H2,2-3H3,(H,41,53)/t27-,34+,35+/m1/s1. The summed E-state index contributed by atoms with van der Waals surface area (Å²) in [6, 6.07) is 18.5. The lowest BCUT2D eigenvalue weighted by Gasteiger charge is -2.55. The molecule has 13 nitrogen and oxygen atoms in total. The number of hydrazine groups is 1. The minimum Gasteiger partial charge on any atom is -0.508 e. The number of nitrogens with one attached hydrogen (secondary N) is 1. The molecule has 4 aliphatic rings. The maximum absolute atomic E-state index is 15.3. The Kier molecular flexibility index (Phi) is 10.6. The molecule has 0 saturated carbocycles. The smallest absolute Gasteiger partial charge is 0.334 e. The van der Waals surface area contributed by atoms with Gasteiger partial charge in [0.15, 0.2) is 11.6 Å². The van der Waals surface area contributed by atoms with Crippen LogP contribution in [0.1, 0.15) is 23.7 Å². The monoisotopic (exact) mass is 725 g/mol. The molecule has 0 spiro atoms. The number of amides is 4. The molecule has 2 N–H and O–H groups in total. The predicted molar refractivity (Wildman–Crippen MR) is 198 cm³/mol.